The number of hydrogen-bond donors (Lipinski definition) is 1. The van der Waals surface area contributed by atoms with Gasteiger partial charge in [0.05, 0.1) is 11.8 Å². The van der Waals surface area contributed by atoms with Crippen LogP contribution in [-0.2, 0) is 6.54 Å². The maximum Gasteiger partial charge on any atom is 0.0580 e. The first-order valence-electron chi connectivity index (χ1n) is 7.87. The molecule has 1 fully saturated rings. The minimum absolute atomic E-state index is 0.120. The molecule has 0 bridgehead atoms. The van der Waals surface area contributed by atoms with Crippen LogP contribution in [0.3, 0.4) is 0 Å². The van der Waals surface area contributed by atoms with Crippen molar-refractivity contribution in [2.24, 2.45) is 11.8 Å². The largest absolute Gasteiger partial charge is 0.393 e. The summed E-state index contributed by atoms with van der Waals surface area (Å²) in [6.45, 7) is 6.12. The Morgan fingerprint density at radius 2 is 2.15 bits per heavy atom. The molecule has 1 saturated carbocycles. The lowest BCUT2D eigenvalue weighted by molar-refractivity contribution is 0.0296. The first-order valence-corrected chi connectivity index (χ1v) is 7.87. The van der Waals surface area contributed by atoms with Crippen LogP contribution in [0.1, 0.15) is 44.0 Å². The second-order valence-corrected chi connectivity index (χ2v) is 6.38. The van der Waals surface area contributed by atoms with Crippen LogP contribution < -0.4 is 0 Å². The van der Waals surface area contributed by atoms with E-state index in [4.69, 9.17) is 0 Å². The molecule has 20 heavy (non-hydrogen) atoms. The second kappa shape index (κ2) is 7.19. The third-order valence-corrected chi connectivity index (χ3v) is 4.55. The van der Waals surface area contributed by atoms with Gasteiger partial charge in [-0.05, 0) is 57.2 Å². The van der Waals surface area contributed by atoms with E-state index in [1.165, 1.54) is 19.3 Å². The van der Waals surface area contributed by atoms with Gasteiger partial charge in [-0.25, -0.2) is 0 Å². The molecule has 0 spiro atoms. The number of aliphatic hydroxyl groups excluding tert-OH is 1. The number of nitrogens with zero attached hydrogens (tertiary/aromatic N) is 2. The Morgan fingerprint density at radius 1 is 1.35 bits per heavy atom. The van der Waals surface area contributed by atoms with Crippen molar-refractivity contribution in [3.63, 3.8) is 0 Å². The van der Waals surface area contributed by atoms with Crippen LogP contribution in [0.25, 0.3) is 0 Å². The highest BCUT2D eigenvalue weighted by Gasteiger charge is 2.29. The molecule has 0 radical (unpaired) electrons. The number of aliphatic hydroxyl groups is 1. The smallest absolute Gasteiger partial charge is 0.0580 e. The summed E-state index contributed by atoms with van der Waals surface area (Å²) in [5.74, 6) is 1.22. The first kappa shape index (κ1) is 15.5. The van der Waals surface area contributed by atoms with Crippen LogP contribution in [0.2, 0.25) is 0 Å². The average molecular weight is 276 g/mol. The average Bonchev–Trinajstić information content (AvgIpc) is 2.41. The van der Waals surface area contributed by atoms with Crippen molar-refractivity contribution < 1.29 is 5.11 Å². The van der Waals surface area contributed by atoms with Crippen molar-refractivity contribution in [1.82, 2.24) is 9.88 Å². The highest BCUT2D eigenvalue weighted by molar-refractivity contribution is 5.09. The van der Waals surface area contributed by atoms with Crippen LogP contribution >= 0.6 is 0 Å². The molecule has 0 amide bonds. The van der Waals surface area contributed by atoms with Crippen molar-refractivity contribution in [3.8, 4) is 0 Å². The zero-order chi connectivity index (χ0) is 14.5. The molecule has 1 heterocycles. The van der Waals surface area contributed by atoms with E-state index in [-0.39, 0.29) is 6.10 Å². The Bertz CT molecular complexity index is 421. The van der Waals surface area contributed by atoms with Crippen molar-refractivity contribution >= 4 is 0 Å². The number of hydrogen-bond acceptors (Lipinski definition) is 3. The standard InChI is InChI=1S/C17H28N2O/c1-4-14-8-9-17(20)15(10-14)11-19(3)12-16-7-5-6-13(2)18-16/h5-7,14-15,17,20H,4,8-12H2,1-3H3. The molecule has 1 aromatic heterocycles. The zero-order valence-electron chi connectivity index (χ0n) is 13.0. The third-order valence-electron chi connectivity index (χ3n) is 4.55. The second-order valence-electron chi connectivity index (χ2n) is 6.38. The van der Waals surface area contributed by atoms with Gasteiger partial charge in [0.15, 0.2) is 0 Å². The predicted octanol–water partition coefficient (Wildman–Crippen LogP) is 3.01. The summed E-state index contributed by atoms with van der Waals surface area (Å²) in [5, 5.41) is 10.2. The third kappa shape index (κ3) is 4.29. The summed E-state index contributed by atoms with van der Waals surface area (Å²) >= 11 is 0. The molecule has 0 aromatic carbocycles. The van der Waals surface area contributed by atoms with Gasteiger partial charge in [-0.3, -0.25) is 4.98 Å². The minimum Gasteiger partial charge on any atom is -0.393 e. The van der Waals surface area contributed by atoms with Gasteiger partial charge in [0.25, 0.3) is 0 Å². The van der Waals surface area contributed by atoms with Gasteiger partial charge in [-0.2, -0.15) is 0 Å². The maximum absolute atomic E-state index is 10.2. The molecule has 2 rings (SSSR count). The first-order chi connectivity index (χ1) is 9.58. The van der Waals surface area contributed by atoms with Gasteiger partial charge in [0.1, 0.15) is 0 Å². The quantitative estimate of drug-likeness (QED) is 0.898. The SMILES string of the molecule is CCC1CCC(O)C(CN(C)Cc2cccc(C)n2)C1. The lowest BCUT2D eigenvalue weighted by Gasteiger charge is -2.35. The maximum atomic E-state index is 10.2. The fourth-order valence-electron chi connectivity index (χ4n) is 3.34. The van der Waals surface area contributed by atoms with E-state index in [1.807, 2.05) is 13.0 Å². The van der Waals surface area contributed by atoms with Crippen LogP contribution in [0.4, 0.5) is 0 Å². The monoisotopic (exact) mass is 276 g/mol. The van der Waals surface area contributed by atoms with Gasteiger partial charge in [0.2, 0.25) is 0 Å². The lowest BCUT2D eigenvalue weighted by Crippen LogP contribution is -2.37. The van der Waals surface area contributed by atoms with Crippen molar-refractivity contribution in [3.05, 3.63) is 29.6 Å². The lowest BCUT2D eigenvalue weighted by atomic mass is 9.78. The zero-order valence-corrected chi connectivity index (χ0v) is 13.0. The summed E-state index contributed by atoms with van der Waals surface area (Å²) in [5.41, 5.74) is 2.18. The summed E-state index contributed by atoms with van der Waals surface area (Å²) in [7, 11) is 2.13. The highest BCUT2D eigenvalue weighted by atomic mass is 16.3. The number of aryl methyl sites for hydroxylation is 1. The highest BCUT2D eigenvalue weighted by Crippen LogP contribution is 2.31. The molecule has 112 valence electrons. The van der Waals surface area contributed by atoms with Crippen LogP contribution in [-0.4, -0.2) is 34.7 Å². The predicted molar refractivity (Wildman–Crippen MR) is 82.4 cm³/mol. The van der Waals surface area contributed by atoms with E-state index >= 15 is 0 Å². The van der Waals surface area contributed by atoms with E-state index in [9.17, 15) is 5.11 Å². The number of aromatic nitrogens is 1. The molecule has 1 N–H and O–H groups in total. The van der Waals surface area contributed by atoms with Crippen LogP contribution in [0.5, 0.6) is 0 Å². The Balaban J connectivity index is 1.88. The number of pyridine rings is 1. The molecule has 3 unspecified atom stereocenters. The normalized spacial score (nSPS) is 26.9. The fourth-order valence-corrected chi connectivity index (χ4v) is 3.34. The van der Waals surface area contributed by atoms with Gasteiger partial charge in [-0.1, -0.05) is 19.4 Å². The van der Waals surface area contributed by atoms with Gasteiger partial charge in [0, 0.05) is 18.8 Å². The van der Waals surface area contributed by atoms with Gasteiger partial charge < -0.3 is 10.0 Å². The Kier molecular flexibility index (Phi) is 5.55. The van der Waals surface area contributed by atoms with Crippen LogP contribution in [0, 0.1) is 18.8 Å². The van der Waals surface area contributed by atoms with Crippen LogP contribution in [0.15, 0.2) is 18.2 Å². The topological polar surface area (TPSA) is 36.4 Å². The summed E-state index contributed by atoms with van der Waals surface area (Å²) in [4.78, 5) is 6.85. The Hall–Kier alpha value is -0.930. The van der Waals surface area contributed by atoms with Crippen molar-refractivity contribution in [2.45, 2.75) is 52.2 Å². The molecule has 3 nitrogen and oxygen atoms in total. The van der Waals surface area contributed by atoms with Crippen molar-refractivity contribution in [1.29, 1.82) is 0 Å². The summed E-state index contributed by atoms with van der Waals surface area (Å²) in [6, 6.07) is 6.17. The molecule has 0 aliphatic heterocycles. The Labute approximate surface area is 123 Å². The number of rotatable bonds is 5. The minimum atomic E-state index is -0.120. The van der Waals surface area contributed by atoms with Gasteiger partial charge >= 0.3 is 0 Å². The van der Waals surface area contributed by atoms with E-state index in [1.54, 1.807) is 0 Å². The van der Waals surface area contributed by atoms with E-state index in [0.29, 0.717) is 5.92 Å². The molecule has 1 aromatic rings. The van der Waals surface area contributed by atoms with Crippen molar-refractivity contribution in [2.75, 3.05) is 13.6 Å². The van der Waals surface area contributed by atoms with E-state index in [2.05, 4.69) is 36.0 Å². The van der Waals surface area contributed by atoms with E-state index in [0.717, 1.165) is 36.8 Å². The molecule has 3 atom stereocenters. The molecule has 3 heteroatoms. The molecule has 1 aliphatic rings. The van der Waals surface area contributed by atoms with Gasteiger partial charge in [-0.15, -0.1) is 0 Å². The van der Waals surface area contributed by atoms with E-state index < -0.39 is 0 Å². The summed E-state index contributed by atoms with van der Waals surface area (Å²) in [6.07, 6.45) is 4.46. The molecule has 0 saturated heterocycles. The summed E-state index contributed by atoms with van der Waals surface area (Å²) < 4.78 is 0. The molecular formula is C17H28N2O. The Morgan fingerprint density at radius 3 is 2.85 bits per heavy atom. The molecular weight excluding hydrogens is 248 g/mol. The molecule has 1 aliphatic carbocycles. The fraction of sp³-hybridized carbons (Fsp3) is 0.706.